The van der Waals surface area contributed by atoms with Crippen molar-refractivity contribution in [2.24, 2.45) is 0 Å². The van der Waals surface area contributed by atoms with E-state index in [1.54, 1.807) is 15.6 Å². The molecule has 3 rings (SSSR count). The molecule has 1 aromatic heterocycles. The van der Waals surface area contributed by atoms with Crippen LogP contribution in [0.25, 0.3) is 0 Å². The van der Waals surface area contributed by atoms with Crippen LogP contribution >= 0.6 is 11.3 Å². The van der Waals surface area contributed by atoms with Gasteiger partial charge in [0.15, 0.2) is 0 Å². The number of aryl methyl sites for hydroxylation is 3. The third-order valence-corrected chi connectivity index (χ3v) is 7.88. The Balaban J connectivity index is 2.06. The molecule has 0 N–H and O–H groups in total. The summed E-state index contributed by atoms with van der Waals surface area (Å²) in [5, 5.41) is 0. The molecule has 1 fully saturated rings. The summed E-state index contributed by atoms with van der Waals surface area (Å²) in [6.07, 6.45) is 4.02. The molecule has 2 aromatic rings. The normalized spacial score (nSPS) is 20.0. The van der Waals surface area contributed by atoms with E-state index in [1.807, 2.05) is 32.0 Å². The molecule has 0 amide bonds. The summed E-state index contributed by atoms with van der Waals surface area (Å²) in [5.41, 5.74) is 1.81. The molecule has 0 saturated carbocycles. The summed E-state index contributed by atoms with van der Waals surface area (Å²) >= 11 is 1.72. The average molecular weight is 364 g/mol. The first-order valence-corrected chi connectivity index (χ1v) is 10.8. The first-order chi connectivity index (χ1) is 11.4. The van der Waals surface area contributed by atoms with Gasteiger partial charge >= 0.3 is 0 Å². The minimum absolute atomic E-state index is 0.0314. The third-order valence-electron chi connectivity index (χ3n) is 4.72. The zero-order chi connectivity index (χ0) is 17.3. The highest BCUT2D eigenvalue weighted by atomic mass is 32.2. The fraction of sp³-hybridized carbons (Fsp3) is 0.474. The Bertz CT molecular complexity index is 824. The molecule has 130 valence electrons. The van der Waals surface area contributed by atoms with E-state index in [4.69, 9.17) is 0 Å². The first-order valence-electron chi connectivity index (χ1n) is 8.55. The smallest absolute Gasteiger partial charge is 0.207 e. The Labute approximate surface area is 149 Å². The maximum atomic E-state index is 13.4. The molecule has 1 saturated heterocycles. The highest BCUT2D eigenvalue weighted by molar-refractivity contribution is 7.89. The lowest BCUT2D eigenvalue weighted by Gasteiger charge is -2.29. The van der Waals surface area contributed by atoms with Crippen LogP contribution in [0.5, 0.6) is 0 Å². The highest BCUT2D eigenvalue weighted by Gasteiger charge is 2.34. The maximum Gasteiger partial charge on any atom is 0.243 e. The predicted molar refractivity (Wildman–Crippen MR) is 100 cm³/mol. The van der Waals surface area contributed by atoms with Gasteiger partial charge in [0.1, 0.15) is 0 Å². The van der Waals surface area contributed by atoms with Gasteiger partial charge in [-0.3, -0.25) is 0 Å². The first kappa shape index (κ1) is 17.6. The van der Waals surface area contributed by atoms with Crippen molar-refractivity contribution in [1.82, 2.24) is 4.31 Å². The van der Waals surface area contributed by atoms with Crippen molar-refractivity contribution in [3.63, 3.8) is 0 Å². The van der Waals surface area contributed by atoms with Gasteiger partial charge in [0.25, 0.3) is 0 Å². The lowest BCUT2D eigenvalue weighted by molar-refractivity contribution is 0.333. The van der Waals surface area contributed by atoms with Crippen LogP contribution in [0, 0.1) is 20.8 Å². The van der Waals surface area contributed by atoms with E-state index >= 15 is 0 Å². The minimum Gasteiger partial charge on any atom is -0.207 e. The SMILES string of the molecule is Cc1ccc(C)c(S(=O)(=O)N2CCCCC[C@@H]2c2ccc(C)s2)c1. The third kappa shape index (κ3) is 3.44. The number of hydrogen-bond acceptors (Lipinski definition) is 3. The van der Waals surface area contributed by atoms with Crippen LogP contribution in [0.4, 0.5) is 0 Å². The van der Waals surface area contributed by atoms with E-state index < -0.39 is 10.0 Å². The van der Waals surface area contributed by atoms with Crippen LogP contribution < -0.4 is 0 Å². The Kier molecular flexibility index (Phi) is 5.13. The molecule has 0 aliphatic carbocycles. The van der Waals surface area contributed by atoms with Crippen LogP contribution in [0.1, 0.15) is 52.6 Å². The molecule has 5 heteroatoms. The number of rotatable bonds is 3. The fourth-order valence-electron chi connectivity index (χ4n) is 3.40. The largest absolute Gasteiger partial charge is 0.243 e. The van der Waals surface area contributed by atoms with Crippen molar-refractivity contribution in [2.75, 3.05) is 6.54 Å². The molecule has 24 heavy (non-hydrogen) atoms. The van der Waals surface area contributed by atoms with Crippen molar-refractivity contribution in [3.05, 3.63) is 51.2 Å². The highest BCUT2D eigenvalue weighted by Crippen LogP contribution is 2.38. The lowest BCUT2D eigenvalue weighted by Crippen LogP contribution is -2.35. The molecule has 0 bridgehead atoms. The second-order valence-corrected chi connectivity index (χ2v) is 9.88. The van der Waals surface area contributed by atoms with E-state index in [9.17, 15) is 8.42 Å². The predicted octanol–water partition coefficient (Wildman–Crippen LogP) is 4.98. The molecule has 2 heterocycles. The van der Waals surface area contributed by atoms with E-state index in [0.717, 1.165) is 36.8 Å². The van der Waals surface area contributed by atoms with Gasteiger partial charge in [-0.15, -0.1) is 11.3 Å². The zero-order valence-corrected chi connectivity index (χ0v) is 16.2. The molecule has 1 atom stereocenters. The number of hydrogen-bond donors (Lipinski definition) is 0. The Morgan fingerprint density at radius 1 is 1.04 bits per heavy atom. The van der Waals surface area contributed by atoms with Gasteiger partial charge in [-0.2, -0.15) is 4.31 Å². The quantitative estimate of drug-likeness (QED) is 0.771. The molecule has 3 nitrogen and oxygen atoms in total. The van der Waals surface area contributed by atoms with Crippen molar-refractivity contribution in [3.8, 4) is 0 Å². The van der Waals surface area contributed by atoms with Crippen LogP contribution in [-0.4, -0.2) is 19.3 Å². The van der Waals surface area contributed by atoms with Gasteiger partial charge in [-0.25, -0.2) is 8.42 Å². The van der Waals surface area contributed by atoms with Gasteiger partial charge in [-0.1, -0.05) is 25.0 Å². The van der Waals surface area contributed by atoms with E-state index in [1.165, 1.54) is 9.75 Å². The zero-order valence-electron chi connectivity index (χ0n) is 14.6. The molecule has 0 radical (unpaired) electrons. The van der Waals surface area contributed by atoms with E-state index in [0.29, 0.717) is 11.4 Å². The molecule has 1 aromatic carbocycles. The van der Waals surface area contributed by atoms with Crippen molar-refractivity contribution in [2.45, 2.75) is 57.4 Å². The monoisotopic (exact) mass is 363 g/mol. The fourth-order valence-corrected chi connectivity index (χ4v) is 6.48. The van der Waals surface area contributed by atoms with Gasteiger partial charge in [0, 0.05) is 16.3 Å². The second kappa shape index (κ2) is 6.98. The van der Waals surface area contributed by atoms with Crippen molar-refractivity contribution >= 4 is 21.4 Å². The molecule has 1 aliphatic heterocycles. The average Bonchev–Trinajstić information content (AvgIpc) is 2.82. The number of benzene rings is 1. The van der Waals surface area contributed by atoms with E-state index in [2.05, 4.69) is 19.1 Å². The topological polar surface area (TPSA) is 37.4 Å². The van der Waals surface area contributed by atoms with Gasteiger partial charge in [0.05, 0.1) is 10.9 Å². The Morgan fingerprint density at radius 2 is 1.83 bits per heavy atom. The summed E-state index contributed by atoms with van der Waals surface area (Å²) in [6.45, 7) is 6.52. The van der Waals surface area contributed by atoms with Gasteiger partial charge in [0.2, 0.25) is 10.0 Å². The molecule has 1 aliphatic rings. The Hall–Kier alpha value is -1.17. The summed E-state index contributed by atoms with van der Waals surface area (Å²) in [4.78, 5) is 2.87. The molecular weight excluding hydrogens is 338 g/mol. The number of nitrogens with zero attached hydrogens (tertiary/aromatic N) is 1. The van der Waals surface area contributed by atoms with Crippen LogP contribution in [0.3, 0.4) is 0 Å². The minimum atomic E-state index is -3.49. The number of sulfonamides is 1. The summed E-state index contributed by atoms with van der Waals surface area (Å²) < 4.78 is 28.6. The van der Waals surface area contributed by atoms with Gasteiger partial charge < -0.3 is 0 Å². The van der Waals surface area contributed by atoms with E-state index in [-0.39, 0.29) is 6.04 Å². The van der Waals surface area contributed by atoms with Gasteiger partial charge in [-0.05, 0) is 62.9 Å². The van der Waals surface area contributed by atoms with Crippen LogP contribution in [-0.2, 0) is 10.0 Å². The number of thiophene rings is 1. The lowest BCUT2D eigenvalue weighted by atomic mass is 10.1. The maximum absolute atomic E-state index is 13.4. The standard InChI is InChI=1S/C19H25NO2S2/c1-14-8-9-15(2)19(13-14)24(21,22)20-12-6-4-5-7-17(20)18-11-10-16(3)23-18/h8-11,13,17H,4-7,12H2,1-3H3/t17-/m1/s1. The van der Waals surface area contributed by atoms with Crippen LogP contribution in [0.2, 0.25) is 0 Å². The summed E-state index contributed by atoms with van der Waals surface area (Å²) in [5.74, 6) is 0. The molecule has 0 unspecified atom stereocenters. The summed E-state index contributed by atoms with van der Waals surface area (Å²) in [6, 6.07) is 9.85. The summed E-state index contributed by atoms with van der Waals surface area (Å²) in [7, 11) is -3.49. The van der Waals surface area contributed by atoms with Crippen molar-refractivity contribution in [1.29, 1.82) is 0 Å². The van der Waals surface area contributed by atoms with Crippen LogP contribution in [0.15, 0.2) is 35.2 Å². The molecule has 0 spiro atoms. The second-order valence-electron chi connectivity index (χ2n) is 6.70. The Morgan fingerprint density at radius 3 is 2.54 bits per heavy atom. The molecular formula is C19H25NO2S2. The van der Waals surface area contributed by atoms with Crippen molar-refractivity contribution < 1.29 is 8.42 Å².